The molecule has 3 heterocycles. The van der Waals surface area contributed by atoms with Gasteiger partial charge in [-0.15, -0.1) is 0 Å². The van der Waals surface area contributed by atoms with Crippen molar-refractivity contribution in [3.05, 3.63) is 64.9 Å². The van der Waals surface area contributed by atoms with Crippen molar-refractivity contribution in [1.82, 2.24) is 14.7 Å². The summed E-state index contributed by atoms with van der Waals surface area (Å²) in [6.07, 6.45) is 2.28. The van der Waals surface area contributed by atoms with Crippen LogP contribution in [0.5, 0.6) is 0 Å². The Kier molecular flexibility index (Phi) is 6.86. The van der Waals surface area contributed by atoms with Gasteiger partial charge in [0, 0.05) is 56.0 Å². The van der Waals surface area contributed by atoms with Crippen LogP contribution in [0.15, 0.2) is 48.5 Å². The van der Waals surface area contributed by atoms with Crippen LogP contribution in [-0.2, 0) is 16.1 Å². The Balaban J connectivity index is 1.11. The predicted octanol–water partition coefficient (Wildman–Crippen LogP) is 3.39. The van der Waals surface area contributed by atoms with Gasteiger partial charge in [-0.05, 0) is 54.8 Å². The average Bonchev–Trinajstić information content (AvgIpc) is 3.14. The van der Waals surface area contributed by atoms with Gasteiger partial charge in [-0.1, -0.05) is 23.7 Å². The van der Waals surface area contributed by atoms with E-state index in [1.54, 1.807) is 12.1 Å². The molecule has 0 aromatic heterocycles. The third-order valence-electron chi connectivity index (χ3n) is 7.44. The summed E-state index contributed by atoms with van der Waals surface area (Å²) in [7, 11) is 0. The van der Waals surface area contributed by atoms with Crippen LogP contribution >= 0.6 is 11.6 Å². The number of hydrogen-bond donors (Lipinski definition) is 0. The maximum atomic E-state index is 13.2. The summed E-state index contributed by atoms with van der Waals surface area (Å²) in [5, 5.41) is 0.639. The molecule has 1 unspecified atom stereocenters. The first-order chi connectivity index (χ1) is 16.5. The number of amides is 2. The van der Waals surface area contributed by atoms with Crippen LogP contribution in [0.1, 0.15) is 24.8 Å². The molecule has 0 N–H and O–H groups in total. The molecule has 0 bridgehead atoms. The van der Waals surface area contributed by atoms with Crippen molar-refractivity contribution in [3.8, 4) is 0 Å². The first-order valence-corrected chi connectivity index (χ1v) is 12.4. The van der Waals surface area contributed by atoms with Crippen LogP contribution in [0.25, 0.3) is 0 Å². The zero-order valence-electron chi connectivity index (χ0n) is 19.2. The van der Waals surface area contributed by atoms with E-state index in [1.807, 2.05) is 24.3 Å². The quantitative estimate of drug-likeness (QED) is 0.609. The maximum absolute atomic E-state index is 13.2. The Morgan fingerprint density at radius 1 is 0.824 bits per heavy atom. The van der Waals surface area contributed by atoms with E-state index in [-0.39, 0.29) is 30.1 Å². The number of benzene rings is 2. The average molecular weight is 485 g/mol. The van der Waals surface area contributed by atoms with Crippen molar-refractivity contribution >= 4 is 29.1 Å². The molecule has 8 heteroatoms. The first kappa shape index (κ1) is 23.3. The molecule has 2 amide bonds. The standard InChI is InChI=1S/C26H30ClFN4O2/c27-20-3-1-19(2-4-20)18-32-25(33)17-24(26(32)34)31-11-9-23(10-12-31)30-15-13-29(14-16-30)22-7-5-21(28)6-8-22/h1-8,23-24H,9-18H2. The van der Waals surface area contributed by atoms with Gasteiger partial charge in [0.1, 0.15) is 5.82 Å². The zero-order valence-corrected chi connectivity index (χ0v) is 20.0. The Labute approximate surface area is 204 Å². The number of carbonyl (C=O) groups is 2. The number of rotatable bonds is 5. The van der Waals surface area contributed by atoms with E-state index >= 15 is 0 Å². The lowest BCUT2D eigenvalue weighted by atomic mass is 10.00. The number of anilines is 1. The fraction of sp³-hybridized carbons (Fsp3) is 0.462. The normalized spacial score (nSPS) is 23.2. The molecular weight excluding hydrogens is 455 g/mol. The summed E-state index contributed by atoms with van der Waals surface area (Å²) in [4.78, 5) is 34.1. The summed E-state index contributed by atoms with van der Waals surface area (Å²) in [5.41, 5.74) is 1.98. The van der Waals surface area contributed by atoms with Crippen molar-refractivity contribution < 1.29 is 14.0 Å². The molecule has 180 valence electrons. The number of carbonyl (C=O) groups excluding carboxylic acids is 2. The lowest BCUT2D eigenvalue weighted by molar-refractivity contribution is -0.140. The highest BCUT2D eigenvalue weighted by molar-refractivity contribution is 6.30. The molecule has 3 aliphatic heterocycles. The highest BCUT2D eigenvalue weighted by Gasteiger charge is 2.43. The zero-order chi connectivity index (χ0) is 23.7. The lowest BCUT2D eigenvalue weighted by Gasteiger charge is -2.44. The van der Waals surface area contributed by atoms with Gasteiger partial charge < -0.3 is 4.90 Å². The minimum absolute atomic E-state index is 0.0775. The molecule has 2 aromatic rings. The first-order valence-electron chi connectivity index (χ1n) is 12.1. The monoisotopic (exact) mass is 484 g/mol. The van der Waals surface area contributed by atoms with E-state index in [0.717, 1.165) is 63.4 Å². The molecule has 0 aliphatic carbocycles. The van der Waals surface area contributed by atoms with Crippen LogP contribution < -0.4 is 4.90 Å². The topological polar surface area (TPSA) is 47.1 Å². The molecule has 5 rings (SSSR count). The van der Waals surface area contributed by atoms with Crippen molar-refractivity contribution in [3.63, 3.8) is 0 Å². The molecule has 2 aromatic carbocycles. The Bertz CT molecular complexity index is 1020. The SMILES string of the molecule is O=C1CC(N2CCC(N3CCN(c4ccc(F)cc4)CC3)CC2)C(=O)N1Cc1ccc(Cl)cc1. The molecular formula is C26H30ClFN4O2. The molecule has 3 saturated heterocycles. The van der Waals surface area contributed by atoms with Crippen molar-refractivity contribution in [2.45, 2.75) is 37.9 Å². The van der Waals surface area contributed by atoms with E-state index < -0.39 is 0 Å². The number of nitrogens with zero attached hydrogens (tertiary/aromatic N) is 4. The van der Waals surface area contributed by atoms with E-state index in [2.05, 4.69) is 14.7 Å². The number of hydrogen-bond acceptors (Lipinski definition) is 5. The minimum Gasteiger partial charge on any atom is -0.369 e. The summed E-state index contributed by atoms with van der Waals surface area (Å²) >= 11 is 5.95. The number of piperidine rings is 1. The Morgan fingerprint density at radius 2 is 1.47 bits per heavy atom. The second-order valence-corrected chi connectivity index (χ2v) is 9.87. The fourth-order valence-electron chi connectivity index (χ4n) is 5.45. The smallest absolute Gasteiger partial charge is 0.247 e. The number of piperazine rings is 1. The van der Waals surface area contributed by atoms with Gasteiger partial charge in [0.05, 0.1) is 19.0 Å². The van der Waals surface area contributed by atoms with E-state index in [9.17, 15) is 14.0 Å². The molecule has 34 heavy (non-hydrogen) atoms. The molecule has 0 saturated carbocycles. The molecule has 3 aliphatic rings. The minimum atomic E-state index is -0.337. The second kappa shape index (κ2) is 10.0. The molecule has 0 radical (unpaired) electrons. The molecule has 6 nitrogen and oxygen atoms in total. The number of likely N-dealkylation sites (tertiary alicyclic amines) is 2. The Morgan fingerprint density at radius 3 is 2.12 bits per heavy atom. The van der Waals surface area contributed by atoms with Crippen molar-refractivity contribution in [2.24, 2.45) is 0 Å². The fourth-order valence-corrected chi connectivity index (χ4v) is 5.58. The molecule has 0 spiro atoms. The molecule has 1 atom stereocenters. The van der Waals surface area contributed by atoms with Crippen LogP contribution in [0.4, 0.5) is 10.1 Å². The van der Waals surface area contributed by atoms with Gasteiger partial charge in [-0.25, -0.2) is 4.39 Å². The van der Waals surface area contributed by atoms with Gasteiger partial charge in [0.15, 0.2) is 0 Å². The van der Waals surface area contributed by atoms with Gasteiger partial charge in [0.2, 0.25) is 11.8 Å². The van der Waals surface area contributed by atoms with Crippen LogP contribution in [0.3, 0.4) is 0 Å². The van der Waals surface area contributed by atoms with Gasteiger partial charge in [-0.3, -0.25) is 24.3 Å². The maximum Gasteiger partial charge on any atom is 0.247 e. The third-order valence-corrected chi connectivity index (χ3v) is 7.69. The summed E-state index contributed by atoms with van der Waals surface area (Å²) < 4.78 is 13.2. The van der Waals surface area contributed by atoms with Crippen molar-refractivity contribution in [2.75, 3.05) is 44.2 Å². The van der Waals surface area contributed by atoms with Crippen LogP contribution in [-0.4, -0.2) is 77.9 Å². The van der Waals surface area contributed by atoms with Gasteiger partial charge in [-0.2, -0.15) is 0 Å². The number of imide groups is 1. The number of halogens is 2. The second-order valence-electron chi connectivity index (χ2n) is 9.43. The highest BCUT2D eigenvalue weighted by atomic mass is 35.5. The highest BCUT2D eigenvalue weighted by Crippen LogP contribution is 2.27. The Hall–Kier alpha value is -2.48. The van der Waals surface area contributed by atoms with E-state index in [4.69, 9.17) is 11.6 Å². The lowest BCUT2D eigenvalue weighted by Crippen LogP contribution is -2.55. The summed E-state index contributed by atoms with van der Waals surface area (Å²) in [5.74, 6) is -0.375. The van der Waals surface area contributed by atoms with E-state index in [0.29, 0.717) is 17.6 Å². The summed E-state index contributed by atoms with van der Waals surface area (Å²) in [6.45, 7) is 5.81. The molecule has 3 fully saturated rings. The van der Waals surface area contributed by atoms with Crippen molar-refractivity contribution in [1.29, 1.82) is 0 Å². The van der Waals surface area contributed by atoms with Gasteiger partial charge in [0.25, 0.3) is 0 Å². The predicted molar refractivity (Wildman–Crippen MR) is 130 cm³/mol. The summed E-state index contributed by atoms with van der Waals surface area (Å²) in [6, 6.07) is 14.2. The van der Waals surface area contributed by atoms with E-state index in [1.165, 1.54) is 17.0 Å². The third kappa shape index (κ3) is 4.97. The van der Waals surface area contributed by atoms with Gasteiger partial charge >= 0.3 is 0 Å². The van der Waals surface area contributed by atoms with Crippen LogP contribution in [0.2, 0.25) is 5.02 Å². The largest absolute Gasteiger partial charge is 0.369 e. The van der Waals surface area contributed by atoms with Crippen LogP contribution in [0, 0.1) is 5.82 Å².